The predicted octanol–water partition coefficient (Wildman–Crippen LogP) is 0.551. The van der Waals surface area contributed by atoms with Crippen LogP contribution in [-0.4, -0.2) is 31.4 Å². The summed E-state index contributed by atoms with van der Waals surface area (Å²) in [6, 6.07) is 2.00. The summed E-state index contributed by atoms with van der Waals surface area (Å²) in [5.41, 5.74) is 5.96. The number of hydrogen-bond donors (Lipinski definition) is 2. The zero-order chi connectivity index (χ0) is 12.4. The second kappa shape index (κ2) is 4.50. The molecule has 0 amide bonds. The van der Waals surface area contributed by atoms with E-state index in [4.69, 9.17) is 25.1 Å². The monoisotopic (exact) mass is 239 g/mol. The average Bonchev–Trinajstić information content (AvgIpc) is 2.36. The third-order valence-corrected chi connectivity index (χ3v) is 2.48. The van der Waals surface area contributed by atoms with Crippen molar-refractivity contribution in [2.24, 2.45) is 5.73 Å². The topological polar surface area (TPSA) is 91.0 Å². The fourth-order valence-corrected chi connectivity index (χ4v) is 1.62. The fraction of sp³-hybridized carbons (Fsp3) is 0.364. The van der Waals surface area contributed by atoms with Crippen LogP contribution < -0.4 is 19.9 Å². The summed E-state index contributed by atoms with van der Waals surface area (Å²) in [6.07, 6.45) is 0. The lowest BCUT2D eigenvalue weighted by molar-refractivity contribution is -0.138. The molecule has 0 fully saturated rings. The molecule has 0 saturated heterocycles. The molecule has 0 saturated carbocycles. The van der Waals surface area contributed by atoms with Crippen molar-refractivity contribution in [2.75, 3.05) is 20.3 Å². The summed E-state index contributed by atoms with van der Waals surface area (Å²) < 4.78 is 15.9. The molecule has 1 aromatic rings. The number of methoxy groups -OCH3 is 1. The van der Waals surface area contributed by atoms with E-state index in [-0.39, 0.29) is 0 Å². The SMILES string of the molecule is COc1cc([C@H](N)C(=O)O)cc2c1OCCO2. The summed E-state index contributed by atoms with van der Waals surface area (Å²) in [7, 11) is 1.48. The number of hydrogen-bond acceptors (Lipinski definition) is 5. The molecule has 1 aromatic carbocycles. The summed E-state index contributed by atoms with van der Waals surface area (Å²) in [5.74, 6) is 0.264. The van der Waals surface area contributed by atoms with Crippen LogP contribution in [-0.2, 0) is 4.79 Å². The van der Waals surface area contributed by atoms with Gasteiger partial charge in [0.25, 0.3) is 0 Å². The van der Waals surface area contributed by atoms with Crippen molar-refractivity contribution in [1.82, 2.24) is 0 Å². The molecule has 6 nitrogen and oxygen atoms in total. The van der Waals surface area contributed by atoms with Crippen LogP contribution in [0.2, 0.25) is 0 Å². The minimum Gasteiger partial charge on any atom is -0.493 e. The van der Waals surface area contributed by atoms with Gasteiger partial charge in [-0.05, 0) is 17.7 Å². The highest BCUT2D eigenvalue weighted by Crippen LogP contribution is 2.41. The number of nitrogens with two attached hydrogens (primary N) is 1. The lowest BCUT2D eigenvalue weighted by Gasteiger charge is -2.22. The molecule has 1 atom stereocenters. The molecule has 6 heteroatoms. The Morgan fingerprint density at radius 3 is 2.82 bits per heavy atom. The van der Waals surface area contributed by atoms with Crippen molar-refractivity contribution in [1.29, 1.82) is 0 Å². The van der Waals surface area contributed by atoms with Gasteiger partial charge in [0.15, 0.2) is 11.5 Å². The van der Waals surface area contributed by atoms with E-state index >= 15 is 0 Å². The fourth-order valence-electron chi connectivity index (χ4n) is 1.62. The third kappa shape index (κ3) is 2.12. The maximum Gasteiger partial charge on any atom is 0.325 e. The zero-order valence-corrected chi connectivity index (χ0v) is 9.30. The van der Waals surface area contributed by atoms with Gasteiger partial charge in [0, 0.05) is 0 Å². The molecule has 0 unspecified atom stereocenters. The van der Waals surface area contributed by atoms with Crippen LogP contribution in [0, 0.1) is 0 Å². The molecular weight excluding hydrogens is 226 g/mol. The number of benzene rings is 1. The third-order valence-electron chi connectivity index (χ3n) is 2.48. The van der Waals surface area contributed by atoms with E-state index < -0.39 is 12.0 Å². The summed E-state index contributed by atoms with van der Waals surface area (Å²) in [6.45, 7) is 0.857. The van der Waals surface area contributed by atoms with Crippen LogP contribution in [0.4, 0.5) is 0 Å². The minimum atomic E-state index is -1.11. The van der Waals surface area contributed by atoms with Gasteiger partial charge in [-0.1, -0.05) is 0 Å². The molecule has 3 N–H and O–H groups in total. The van der Waals surface area contributed by atoms with Crippen molar-refractivity contribution < 1.29 is 24.1 Å². The second-order valence-corrected chi connectivity index (χ2v) is 3.56. The van der Waals surface area contributed by atoms with Gasteiger partial charge in [0.1, 0.15) is 19.3 Å². The first-order valence-electron chi connectivity index (χ1n) is 5.09. The van der Waals surface area contributed by atoms with Crippen molar-refractivity contribution >= 4 is 5.97 Å². The van der Waals surface area contributed by atoms with Crippen molar-refractivity contribution in [3.63, 3.8) is 0 Å². The van der Waals surface area contributed by atoms with Crippen molar-refractivity contribution in [3.05, 3.63) is 17.7 Å². The van der Waals surface area contributed by atoms with Gasteiger partial charge in [-0.15, -0.1) is 0 Å². The second-order valence-electron chi connectivity index (χ2n) is 3.56. The number of rotatable bonds is 3. The van der Waals surface area contributed by atoms with Gasteiger partial charge in [-0.3, -0.25) is 4.79 Å². The van der Waals surface area contributed by atoms with Gasteiger partial charge < -0.3 is 25.1 Å². The normalized spacial score (nSPS) is 15.2. The Morgan fingerprint density at radius 2 is 2.18 bits per heavy atom. The molecule has 1 heterocycles. The first kappa shape index (κ1) is 11.5. The molecule has 0 radical (unpaired) electrons. The number of carbonyl (C=O) groups is 1. The van der Waals surface area contributed by atoms with Gasteiger partial charge in [-0.2, -0.15) is 0 Å². The molecule has 0 spiro atoms. The van der Waals surface area contributed by atoms with Gasteiger partial charge in [0.2, 0.25) is 5.75 Å². The van der Waals surface area contributed by atoms with Gasteiger partial charge in [0.05, 0.1) is 7.11 Å². The Kier molecular flexibility index (Phi) is 3.06. The highest BCUT2D eigenvalue weighted by atomic mass is 16.6. The highest BCUT2D eigenvalue weighted by Gasteiger charge is 2.23. The summed E-state index contributed by atoms with van der Waals surface area (Å²) in [4.78, 5) is 10.8. The molecule has 1 aliphatic heterocycles. The van der Waals surface area contributed by atoms with Gasteiger partial charge in [-0.25, -0.2) is 0 Å². The predicted molar refractivity (Wildman–Crippen MR) is 58.5 cm³/mol. The molecular formula is C11H13NO5. The summed E-state index contributed by atoms with van der Waals surface area (Å²) >= 11 is 0. The van der Waals surface area contributed by atoms with E-state index in [1.54, 1.807) is 12.1 Å². The van der Waals surface area contributed by atoms with Crippen molar-refractivity contribution in [3.8, 4) is 17.2 Å². The minimum absolute atomic E-state index is 0.415. The Morgan fingerprint density at radius 1 is 1.47 bits per heavy atom. The molecule has 2 rings (SSSR count). The van der Waals surface area contributed by atoms with Crippen LogP contribution in [0.15, 0.2) is 12.1 Å². The number of carboxylic acid groups (broad SMARTS) is 1. The van der Waals surface area contributed by atoms with Crippen LogP contribution in [0.5, 0.6) is 17.2 Å². The first-order valence-corrected chi connectivity index (χ1v) is 5.09. The average molecular weight is 239 g/mol. The van der Waals surface area contributed by atoms with Crippen LogP contribution in [0.3, 0.4) is 0 Å². The van der Waals surface area contributed by atoms with E-state index in [1.165, 1.54) is 7.11 Å². The molecule has 1 aliphatic rings. The molecule has 17 heavy (non-hydrogen) atoms. The maximum atomic E-state index is 10.8. The van der Waals surface area contributed by atoms with E-state index in [1.807, 2.05) is 0 Å². The zero-order valence-electron chi connectivity index (χ0n) is 9.30. The molecule has 0 aliphatic carbocycles. The van der Waals surface area contributed by atoms with Crippen LogP contribution in [0.1, 0.15) is 11.6 Å². The number of ether oxygens (including phenoxy) is 3. The lowest BCUT2D eigenvalue weighted by Crippen LogP contribution is -2.22. The Labute approximate surface area is 97.9 Å². The van der Waals surface area contributed by atoms with E-state index in [0.717, 1.165) is 0 Å². The van der Waals surface area contributed by atoms with E-state index in [2.05, 4.69) is 0 Å². The van der Waals surface area contributed by atoms with E-state index in [9.17, 15) is 4.79 Å². The Bertz CT molecular complexity index is 428. The smallest absolute Gasteiger partial charge is 0.325 e. The number of carboxylic acids is 1. The maximum absolute atomic E-state index is 10.8. The highest BCUT2D eigenvalue weighted by molar-refractivity contribution is 5.76. The molecule has 0 aromatic heterocycles. The van der Waals surface area contributed by atoms with Crippen LogP contribution >= 0.6 is 0 Å². The molecule has 92 valence electrons. The summed E-state index contributed by atoms with van der Waals surface area (Å²) in [5, 5.41) is 8.87. The number of aliphatic carboxylic acids is 1. The van der Waals surface area contributed by atoms with Gasteiger partial charge >= 0.3 is 5.97 Å². The first-order chi connectivity index (χ1) is 8.13. The van der Waals surface area contributed by atoms with E-state index in [0.29, 0.717) is 36.0 Å². The van der Waals surface area contributed by atoms with Crippen molar-refractivity contribution in [2.45, 2.75) is 6.04 Å². The standard InChI is InChI=1S/C11H13NO5/c1-15-7-4-6(9(12)11(13)14)5-8-10(7)17-3-2-16-8/h4-5,9H,2-3,12H2,1H3,(H,13,14)/t9-/m0/s1. The molecule has 0 bridgehead atoms. The Balaban J connectivity index is 2.46. The van der Waals surface area contributed by atoms with Crippen LogP contribution in [0.25, 0.3) is 0 Å². The quantitative estimate of drug-likeness (QED) is 0.800. The lowest BCUT2D eigenvalue weighted by atomic mass is 10.1. The Hall–Kier alpha value is -1.95. The largest absolute Gasteiger partial charge is 0.493 e. The number of fused-ring (bicyclic) bond motifs is 1.